The van der Waals surface area contributed by atoms with E-state index in [-0.39, 0.29) is 24.5 Å². The monoisotopic (exact) mass is 314 g/mol. The van der Waals surface area contributed by atoms with Crippen molar-refractivity contribution in [3.05, 3.63) is 23.7 Å². The van der Waals surface area contributed by atoms with Crippen LogP contribution in [0.4, 0.5) is 0 Å². The first kappa shape index (κ1) is 19.5. The summed E-state index contributed by atoms with van der Waals surface area (Å²) < 4.78 is 14.2. The summed E-state index contributed by atoms with van der Waals surface area (Å²) >= 11 is 0. The summed E-state index contributed by atoms with van der Waals surface area (Å²) in [6.45, 7) is 3.43. The summed E-state index contributed by atoms with van der Waals surface area (Å²) in [7, 11) is 4.62. The fourth-order valence-corrected chi connectivity index (χ4v) is 1.29. The van der Waals surface area contributed by atoms with Gasteiger partial charge in [0.1, 0.15) is 5.70 Å². The minimum atomic E-state index is -0.845. The maximum atomic E-state index is 11.8. The van der Waals surface area contributed by atoms with E-state index in [4.69, 9.17) is 9.47 Å². The van der Waals surface area contributed by atoms with Crippen molar-refractivity contribution in [3.8, 4) is 0 Å². The molecule has 0 rings (SSSR count). The molecule has 124 valence electrons. The highest BCUT2D eigenvalue weighted by Crippen LogP contribution is 2.03. The lowest BCUT2D eigenvalue weighted by Crippen LogP contribution is -2.24. The third-order valence-corrected chi connectivity index (χ3v) is 2.16. The molecule has 0 fully saturated rings. The molecule has 0 saturated carbocycles. The van der Waals surface area contributed by atoms with Crippen LogP contribution in [0.15, 0.2) is 23.7 Å². The van der Waals surface area contributed by atoms with Gasteiger partial charge in [-0.3, -0.25) is 0 Å². The van der Waals surface area contributed by atoms with E-state index in [2.05, 4.69) is 10.1 Å². The van der Waals surface area contributed by atoms with Gasteiger partial charge in [0.15, 0.2) is 5.57 Å². The van der Waals surface area contributed by atoms with Gasteiger partial charge in [0.2, 0.25) is 0 Å². The summed E-state index contributed by atoms with van der Waals surface area (Å²) in [4.78, 5) is 36.7. The second-order valence-corrected chi connectivity index (χ2v) is 4.14. The zero-order valence-electron chi connectivity index (χ0n) is 13.5. The summed E-state index contributed by atoms with van der Waals surface area (Å²) in [6, 6.07) is 0. The molecule has 0 radical (unpaired) electrons. The van der Waals surface area contributed by atoms with Crippen LogP contribution < -0.4 is 5.32 Å². The van der Waals surface area contributed by atoms with Crippen molar-refractivity contribution >= 4 is 17.9 Å². The number of esters is 3. The van der Waals surface area contributed by atoms with Gasteiger partial charge in [-0.05, 0) is 13.8 Å². The Morgan fingerprint density at radius 2 is 1.50 bits per heavy atom. The number of carbonyl (C=O) groups is 3. The van der Waals surface area contributed by atoms with Gasteiger partial charge in [-0.15, -0.1) is 0 Å². The van der Waals surface area contributed by atoms with E-state index in [1.165, 1.54) is 13.3 Å². The van der Waals surface area contributed by atoms with Crippen molar-refractivity contribution in [3.63, 3.8) is 0 Å². The minimum absolute atomic E-state index is 0.0404. The number of carbonyl (C=O) groups excluding carboxylic acids is 3. The number of methoxy groups -OCH3 is 1. The van der Waals surface area contributed by atoms with Crippen LogP contribution in [0, 0.1) is 0 Å². The Kier molecular flexibility index (Phi) is 9.08. The average Bonchev–Trinajstić information content (AvgIpc) is 2.45. The maximum absolute atomic E-state index is 11.8. The van der Waals surface area contributed by atoms with Gasteiger partial charge < -0.3 is 24.4 Å². The highest BCUT2D eigenvalue weighted by atomic mass is 16.6. The molecule has 0 heterocycles. The molecular formula is C14H22N2O6. The molecule has 0 saturated heterocycles. The minimum Gasteiger partial charge on any atom is -0.464 e. The SMILES string of the molecule is CCOC(=O)C(=CN/C(=C\N(C)C)C(=O)OC)C(=O)OCC. The molecule has 0 aromatic carbocycles. The maximum Gasteiger partial charge on any atom is 0.355 e. The first-order valence-corrected chi connectivity index (χ1v) is 6.64. The number of rotatable bonds is 8. The predicted octanol–water partition coefficient (Wildman–Crippen LogP) is 0.162. The lowest BCUT2D eigenvalue weighted by Gasteiger charge is -2.11. The molecule has 0 spiro atoms. The fraction of sp³-hybridized carbons (Fsp3) is 0.500. The van der Waals surface area contributed by atoms with Crippen molar-refractivity contribution < 1.29 is 28.6 Å². The molecule has 0 bridgehead atoms. The summed E-state index contributed by atoms with van der Waals surface area (Å²) in [5.41, 5.74) is -0.309. The third-order valence-electron chi connectivity index (χ3n) is 2.16. The van der Waals surface area contributed by atoms with Crippen LogP contribution >= 0.6 is 0 Å². The molecule has 0 aromatic rings. The van der Waals surface area contributed by atoms with E-state index in [0.717, 1.165) is 6.20 Å². The lowest BCUT2D eigenvalue weighted by molar-refractivity contribution is -0.146. The van der Waals surface area contributed by atoms with E-state index < -0.39 is 17.9 Å². The summed E-state index contributed by atoms with van der Waals surface area (Å²) in [6.07, 6.45) is 2.50. The Morgan fingerprint density at radius 1 is 1.00 bits per heavy atom. The van der Waals surface area contributed by atoms with E-state index in [9.17, 15) is 14.4 Å². The molecule has 0 aliphatic heterocycles. The van der Waals surface area contributed by atoms with Gasteiger partial charge in [-0.25, -0.2) is 14.4 Å². The van der Waals surface area contributed by atoms with Crippen molar-refractivity contribution in [2.45, 2.75) is 13.8 Å². The van der Waals surface area contributed by atoms with Gasteiger partial charge in [0.05, 0.1) is 20.3 Å². The smallest absolute Gasteiger partial charge is 0.355 e. The topological polar surface area (TPSA) is 94.2 Å². The number of hydrogen-bond donors (Lipinski definition) is 1. The van der Waals surface area contributed by atoms with Crippen molar-refractivity contribution in [1.29, 1.82) is 0 Å². The molecule has 0 aliphatic rings. The molecular weight excluding hydrogens is 292 g/mol. The van der Waals surface area contributed by atoms with Gasteiger partial charge in [-0.1, -0.05) is 0 Å². The quantitative estimate of drug-likeness (QED) is 0.223. The molecule has 0 amide bonds. The predicted molar refractivity (Wildman–Crippen MR) is 78.3 cm³/mol. The second-order valence-electron chi connectivity index (χ2n) is 4.14. The molecule has 22 heavy (non-hydrogen) atoms. The van der Waals surface area contributed by atoms with Crippen LogP contribution in [0.25, 0.3) is 0 Å². The Bertz CT molecular complexity index is 448. The fourth-order valence-electron chi connectivity index (χ4n) is 1.29. The molecule has 0 aromatic heterocycles. The van der Waals surface area contributed by atoms with E-state index in [1.54, 1.807) is 32.8 Å². The lowest BCUT2D eigenvalue weighted by atomic mass is 10.3. The van der Waals surface area contributed by atoms with Crippen molar-refractivity contribution in [2.75, 3.05) is 34.4 Å². The van der Waals surface area contributed by atoms with E-state index in [1.807, 2.05) is 0 Å². The first-order valence-electron chi connectivity index (χ1n) is 6.64. The van der Waals surface area contributed by atoms with Crippen molar-refractivity contribution in [1.82, 2.24) is 10.2 Å². The average molecular weight is 314 g/mol. The highest BCUT2D eigenvalue weighted by molar-refractivity contribution is 6.14. The van der Waals surface area contributed by atoms with Crippen LogP contribution in [-0.2, 0) is 28.6 Å². The molecule has 8 nitrogen and oxygen atoms in total. The second kappa shape index (κ2) is 10.3. The number of nitrogens with zero attached hydrogens (tertiary/aromatic N) is 1. The normalized spacial score (nSPS) is 10.3. The van der Waals surface area contributed by atoms with Crippen LogP contribution in [0.3, 0.4) is 0 Å². The molecule has 8 heteroatoms. The van der Waals surface area contributed by atoms with Gasteiger partial charge in [0, 0.05) is 26.5 Å². The van der Waals surface area contributed by atoms with Gasteiger partial charge in [0.25, 0.3) is 0 Å². The van der Waals surface area contributed by atoms with Crippen LogP contribution in [0.2, 0.25) is 0 Å². The molecule has 0 aliphatic carbocycles. The molecule has 1 N–H and O–H groups in total. The van der Waals surface area contributed by atoms with Crippen LogP contribution in [-0.4, -0.2) is 57.2 Å². The van der Waals surface area contributed by atoms with Crippen LogP contribution in [0.5, 0.6) is 0 Å². The van der Waals surface area contributed by atoms with Gasteiger partial charge >= 0.3 is 17.9 Å². The Labute approximate surface area is 129 Å². The largest absolute Gasteiger partial charge is 0.464 e. The number of hydrogen-bond acceptors (Lipinski definition) is 8. The number of ether oxygens (including phenoxy) is 3. The van der Waals surface area contributed by atoms with Gasteiger partial charge in [-0.2, -0.15) is 0 Å². The molecule has 0 atom stereocenters. The Hall–Kier alpha value is -2.51. The summed E-state index contributed by atoms with van der Waals surface area (Å²) in [5.74, 6) is -2.35. The Morgan fingerprint density at radius 3 is 1.86 bits per heavy atom. The zero-order chi connectivity index (χ0) is 17.1. The number of nitrogens with one attached hydrogen (secondary N) is 1. The van der Waals surface area contributed by atoms with Crippen LogP contribution in [0.1, 0.15) is 13.8 Å². The zero-order valence-corrected chi connectivity index (χ0v) is 13.5. The Balaban J connectivity index is 5.35. The standard InChI is InChI=1S/C14H22N2O6/c1-6-21-12(17)10(13(18)22-7-2)8-15-11(9-16(3)4)14(19)20-5/h8-9,15H,6-7H2,1-5H3/b11-9-. The van der Waals surface area contributed by atoms with E-state index in [0.29, 0.717) is 0 Å². The highest BCUT2D eigenvalue weighted by Gasteiger charge is 2.21. The molecule has 0 unspecified atom stereocenters. The van der Waals surface area contributed by atoms with E-state index >= 15 is 0 Å². The first-order chi connectivity index (χ1) is 10.4. The summed E-state index contributed by atoms with van der Waals surface area (Å²) in [5, 5.41) is 2.56. The third kappa shape index (κ3) is 6.78. The van der Waals surface area contributed by atoms with Crippen molar-refractivity contribution in [2.24, 2.45) is 0 Å².